The minimum absolute atomic E-state index is 0. The number of nitrogens with one attached hydrogen (secondary N) is 1. The smallest absolute Gasteiger partial charge is 0.265 e. The highest BCUT2D eigenvalue weighted by Crippen LogP contribution is 2.11. The van der Waals surface area contributed by atoms with Crippen LogP contribution < -0.4 is 17.8 Å². The predicted molar refractivity (Wildman–Crippen MR) is 94.9 cm³/mol. The lowest BCUT2D eigenvalue weighted by molar-refractivity contribution is -0.0000147. The molecule has 6 heteroatoms. The minimum atomic E-state index is -0.0472. The van der Waals surface area contributed by atoms with Gasteiger partial charge in [-0.3, -0.25) is 15.1 Å². The summed E-state index contributed by atoms with van der Waals surface area (Å²) in [5.41, 5.74) is 5.01. The molecule has 3 rings (SSSR count). The van der Waals surface area contributed by atoms with Crippen molar-refractivity contribution in [3.8, 4) is 0 Å². The number of rotatable bonds is 4. The number of amides is 1. The molecule has 0 aromatic heterocycles. The summed E-state index contributed by atoms with van der Waals surface area (Å²) in [7, 11) is 0. The number of hydrogen-bond acceptors (Lipinski definition) is 3. The largest absolute Gasteiger partial charge is 1.00 e. The number of halogens is 2. The van der Waals surface area contributed by atoms with E-state index in [1.165, 1.54) is 5.56 Å². The molecule has 0 unspecified atom stereocenters. The molecule has 1 aliphatic heterocycles. The van der Waals surface area contributed by atoms with E-state index in [2.05, 4.69) is 50.5 Å². The van der Waals surface area contributed by atoms with Crippen LogP contribution in [0.5, 0.6) is 0 Å². The Morgan fingerprint density at radius 1 is 0.958 bits per heavy atom. The van der Waals surface area contributed by atoms with Crippen LogP contribution in [0.1, 0.15) is 15.9 Å². The summed E-state index contributed by atoms with van der Waals surface area (Å²) >= 11 is 3.38. The van der Waals surface area contributed by atoms with Crippen molar-refractivity contribution in [1.82, 2.24) is 15.3 Å². The highest BCUT2D eigenvalue weighted by molar-refractivity contribution is 9.10. The van der Waals surface area contributed by atoms with Crippen molar-refractivity contribution in [2.45, 2.75) is 6.54 Å². The van der Waals surface area contributed by atoms with Gasteiger partial charge in [0.05, 0.1) is 0 Å². The van der Waals surface area contributed by atoms with Crippen molar-refractivity contribution >= 4 is 21.8 Å². The Hall–Kier alpha value is -1.40. The van der Waals surface area contributed by atoms with Crippen molar-refractivity contribution in [3.05, 3.63) is 70.2 Å². The second kappa shape index (κ2) is 9.18. The lowest BCUT2D eigenvalue weighted by Gasteiger charge is -2.34. The standard InChI is InChI=1S/C18H20BrN3O.ClH/c19-17-8-6-16(7-9-17)18(23)20-22-12-10-21(11-13-22)14-15-4-2-1-3-5-15;/h1-9H,10-14H2,(H,20,23);1H/p-1. The SMILES string of the molecule is O=C(NN1CCN(Cc2ccccc2)CC1)c1ccc(Br)cc1.[Cl-]. The number of nitrogens with zero attached hydrogens (tertiary/aromatic N) is 2. The minimum Gasteiger partial charge on any atom is -1.00 e. The fraction of sp³-hybridized carbons (Fsp3) is 0.278. The van der Waals surface area contributed by atoms with Gasteiger partial charge in [-0.2, -0.15) is 0 Å². The summed E-state index contributed by atoms with van der Waals surface area (Å²) < 4.78 is 0.976. The number of piperazine rings is 1. The van der Waals surface area contributed by atoms with Gasteiger partial charge in [0.1, 0.15) is 0 Å². The summed E-state index contributed by atoms with van der Waals surface area (Å²) in [6.07, 6.45) is 0. The van der Waals surface area contributed by atoms with Crippen LogP contribution in [0.3, 0.4) is 0 Å². The molecule has 0 saturated carbocycles. The maximum absolute atomic E-state index is 12.2. The first-order valence-electron chi connectivity index (χ1n) is 7.78. The number of benzene rings is 2. The van der Waals surface area contributed by atoms with Gasteiger partial charge in [0.2, 0.25) is 0 Å². The van der Waals surface area contributed by atoms with E-state index in [9.17, 15) is 4.79 Å². The van der Waals surface area contributed by atoms with Gasteiger partial charge in [0.25, 0.3) is 5.91 Å². The highest BCUT2D eigenvalue weighted by atomic mass is 79.9. The first kappa shape index (κ1) is 18.9. The van der Waals surface area contributed by atoms with E-state index in [0.717, 1.165) is 37.2 Å². The van der Waals surface area contributed by atoms with Gasteiger partial charge in [-0.1, -0.05) is 46.3 Å². The van der Waals surface area contributed by atoms with Crippen LogP contribution >= 0.6 is 15.9 Å². The van der Waals surface area contributed by atoms with E-state index in [1.807, 2.05) is 35.3 Å². The average Bonchev–Trinajstić information content (AvgIpc) is 2.58. The fourth-order valence-corrected chi connectivity index (χ4v) is 2.93. The van der Waals surface area contributed by atoms with E-state index in [0.29, 0.717) is 5.56 Å². The number of carbonyl (C=O) groups excluding carboxylic acids is 1. The van der Waals surface area contributed by atoms with Crippen LogP contribution in [0, 0.1) is 0 Å². The van der Waals surface area contributed by atoms with Crippen LogP contribution in [0.25, 0.3) is 0 Å². The van der Waals surface area contributed by atoms with Gasteiger partial charge in [0, 0.05) is 42.8 Å². The predicted octanol–water partition coefficient (Wildman–Crippen LogP) is -0.0843. The van der Waals surface area contributed by atoms with Crippen LogP contribution in [0.4, 0.5) is 0 Å². The third kappa shape index (κ3) is 5.31. The van der Waals surface area contributed by atoms with Gasteiger partial charge < -0.3 is 12.4 Å². The molecular weight excluding hydrogens is 390 g/mol. The third-order valence-electron chi connectivity index (χ3n) is 3.99. The molecule has 0 radical (unpaired) electrons. The second-order valence-electron chi connectivity index (χ2n) is 5.70. The van der Waals surface area contributed by atoms with Crippen LogP contribution in [-0.2, 0) is 6.54 Å². The molecule has 128 valence electrons. The Kier molecular flexibility index (Phi) is 7.24. The van der Waals surface area contributed by atoms with Crippen LogP contribution in [-0.4, -0.2) is 42.0 Å². The molecule has 1 fully saturated rings. The van der Waals surface area contributed by atoms with E-state index < -0.39 is 0 Å². The molecule has 1 amide bonds. The molecule has 24 heavy (non-hydrogen) atoms. The summed E-state index contributed by atoms with van der Waals surface area (Å²) in [6, 6.07) is 17.9. The molecular formula is C18H20BrClN3O-. The van der Waals surface area contributed by atoms with Crippen molar-refractivity contribution in [3.63, 3.8) is 0 Å². The monoisotopic (exact) mass is 408 g/mol. The Labute approximate surface area is 157 Å². The number of hydrogen-bond donors (Lipinski definition) is 1. The average molecular weight is 410 g/mol. The van der Waals surface area contributed by atoms with Crippen molar-refractivity contribution in [2.75, 3.05) is 26.2 Å². The fourth-order valence-electron chi connectivity index (χ4n) is 2.67. The van der Waals surface area contributed by atoms with Crippen LogP contribution in [0.2, 0.25) is 0 Å². The Bertz CT molecular complexity index is 643. The second-order valence-corrected chi connectivity index (χ2v) is 6.61. The van der Waals surface area contributed by atoms with E-state index in [4.69, 9.17) is 0 Å². The summed E-state index contributed by atoms with van der Waals surface area (Å²) in [5, 5.41) is 2.01. The Balaban J connectivity index is 0.00000208. The Morgan fingerprint density at radius 3 is 2.21 bits per heavy atom. The first-order valence-corrected chi connectivity index (χ1v) is 8.58. The zero-order valence-corrected chi connectivity index (χ0v) is 15.6. The summed E-state index contributed by atoms with van der Waals surface area (Å²) in [6.45, 7) is 4.56. The zero-order chi connectivity index (χ0) is 16.1. The third-order valence-corrected chi connectivity index (χ3v) is 4.52. The number of carbonyl (C=O) groups is 1. The van der Waals surface area contributed by atoms with Gasteiger partial charge in [0.15, 0.2) is 0 Å². The van der Waals surface area contributed by atoms with E-state index >= 15 is 0 Å². The highest BCUT2D eigenvalue weighted by Gasteiger charge is 2.18. The van der Waals surface area contributed by atoms with Gasteiger partial charge in [-0.15, -0.1) is 0 Å². The topological polar surface area (TPSA) is 35.6 Å². The quantitative estimate of drug-likeness (QED) is 0.767. The Morgan fingerprint density at radius 2 is 1.58 bits per heavy atom. The normalized spacial score (nSPS) is 15.5. The lowest BCUT2D eigenvalue weighted by Crippen LogP contribution is -3.00. The van der Waals surface area contributed by atoms with Crippen LogP contribution in [0.15, 0.2) is 59.1 Å². The number of hydrazine groups is 1. The first-order chi connectivity index (χ1) is 11.2. The van der Waals surface area contributed by atoms with Crippen molar-refractivity contribution in [2.24, 2.45) is 0 Å². The van der Waals surface area contributed by atoms with Crippen molar-refractivity contribution in [1.29, 1.82) is 0 Å². The van der Waals surface area contributed by atoms with E-state index in [-0.39, 0.29) is 18.3 Å². The summed E-state index contributed by atoms with van der Waals surface area (Å²) in [4.78, 5) is 14.6. The molecule has 2 aromatic rings. The van der Waals surface area contributed by atoms with Gasteiger partial charge >= 0.3 is 0 Å². The summed E-state index contributed by atoms with van der Waals surface area (Å²) in [5.74, 6) is -0.0472. The lowest BCUT2D eigenvalue weighted by atomic mass is 10.2. The molecule has 0 atom stereocenters. The van der Waals surface area contributed by atoms with Gasteiger partial charge in [-0.25, -0.2) is 5.01 Å². The maximum Gasteiger partial charge on any atom is 0.265 e. The molecule has 0 bridgehead atoms. The van der Waals surface area contributed by atoms with E-state index in [1.54, 1.807) is 0 Å². The molecule has 4 nitrogen and oxygen atoms in total. The zero-order valence-electron chi connectivity index (χ0n) is 13.3. The molecule has 0 aliphatic carbocycles. The molecule has 2 aromatic carbocycles. The molecule has 1 aliphatic rings. The van der Waals surface area contributed by atoms with Crippen molar-refractivity contribution < 1.29 is 17.2 Å². The molecule has 1 N–H and O–H groups in total. The molecule has 1 saturated heterocycles. The van der Waals surface area contributed by atoms with Gasteiger partial charge in [-0.05, 0) is 29.8 Å². The molecule has 1 heterocycles. The maximum atomic E-state index is 12.2. The molecule has 0 spiro atoms.